The Labute approximate surface area is 116 Å². The number of rotatable bonds is 8. The van der Waals surface area contributed by atoms with Gasteiger partial charge in [-0.05, 0) is 17.7 Å². The van der Waals surface area contributed by atoms with Crippen LogP contribution in [0, 0.1) is 0 Å². The Morgan fingerprint density at radius 1 is 1.42 bits per heavy atom. The van der Waals surface area contributed by atoms with Gasteiger partial charge in [0.2, 0.25) is 5.91 Å². The minimum absolute atomic E-state index is 0.0772. The van der Waals surface area contributed by atoms with Crippen molar-refractivity contribution in [3.63, 3.8) is 0 Å². The van der Waals surface area contributed by atoms with Crippen LogP contribution in [0.4, 0.5) is 0 Å². The maximum absolute atomic E-state index is 11.5. The van der Waals surface area contributed by atoms with Gasteiger partial charge in [-0.15, -0.1) is 0 Å². The number of thioether (sulfide) groups is 1. The lowest BCUT2D eigenvalue weighted by Gasteiger charge is -2.06. The van der Waals surface area contributed by atoms with Gasteiger partial charge in [-0.3, -0.25) is 9.59 Å². The predicted octanol–water partition coefficient (Wildman–Crippen LogP) is 1.52. The number of aliphatic carboxylic acids is 1. The Balaban J connectivity index is 2.24. The fourth-order valence-electron chi connectivity index (χ4n) is 1.36. The summed E-state index contributed by atoms with van der Waals surface area (Å²) in [5.74, 6) is 0.532. The number of hydrogen-bond acceptors (Lipinski definition) is 4. The van der Waals surface area contributed by atoms with E-state index in [1.54, 1.807) is 7.11 Å². The third-order valence-electron chi connectivity index (χ3n) is 2.32. The van der Waals surface area contributed by atoms with Crippen LogP contribution < -0.4 is 10.1 Å². The molecule has 0 aliphatic carbocycles. The van der Waals surface area contributed by atoms with E-state index in [2.05, 4.69) is 5.32 Å². The summed E-state index contributed by atoms with van der Waals surface area (Å²) >= 11 is 1.31. The molecular formula is C13H17NO4S. The second-order valence-electron chi connectivity index (χ2n) is 3.82. The number of carboxylic acid groups (broad SMARTS) is 1. The molecule has 5 nitrogen and oxygen atoms in total. The van der Waals surface area contributed by atoms with Crippen LogP contribution in [-0.4, -0.2) is 35.6 Å². The van der Waals surface area contributed by atoms with E-state index < -0.39 is 5.97 Å². The van der Waals surface area contributed by atoms with Crippen molar-refractivity contribution in [3.05, 3.63) is 29.8 Å². The number of benzene rings is 1. The van der Waals surface area contributed by atoms with Gasteiger partial charge in [0.05, 0.1) is 19.3 Å². The lowest BCUT2D eigenvalue weighted by molar-refractivity contribution is -0.136. The van der Waals surface area contributed by atoms with Gasteiger partial charge in [0, 0.05) is 12.3 Å². The van der Waals surface area contributed by atoms with Crippen LogP contribution >= 0.6 is 11.8 Å². The van der Waals surface area contributed by atoms with Crippen LogP contribution in [0.2, 0.25) is 0 Å². The van der Waals surface area contributed by atoms with Crippen LogP contribution in [0.5, 0.6) is 5.75 Å². The standard InChI is InChI=1S/C13H17NO4S/c1-18-11-4-2-3-10(7-11)8-14-12(15)9-19-6-5-13(16)17/h2-4,7H,5-6,8-9H2,1H3,(H,14,15)(H,16,17). The van der Waals surface area contributed by atoms with Gasteiger partial charge in [0.15, 0.2) is 0 Å². The molecule has 1 rings (SSSR count). The van der Waals surface area contributed by atoms with E-state index in [9.17, 15) is 9.59 Å². The largest absolute Gasteiger partial charge is 0.497 e. The Bertz CT molecular complexity index is 436. The molecule has 6 heteroatoms. The molecule has 0 spiro atoms. The summed E-state index contributed by atoms with van der Waals surface area (Å²) in [5.41, 5.74) is 0.961. The van der Waals surface area contributed by atoms with Gasteiger partial charge < -0.3 is 15.2 Å². The molecule has 104 valence electrons. The molecular weight excluding hydrogens is 266 g/mol. The second-order valence-corrected chi connectivity index (χ2v) is 4.93. The van der Waals surface area contributed by atoms with Gasteiger partial charge in [-0.25, -0.2) is 0 Å². The highest BCUT2D eigenvalue weighted by Crippen LogP contribution is 2.12. The zero-order valence-electron chi connectivity index (χ0n) is 10.7. The molecule has 0 aliphatic rings. The third kappa shape index (κ3) is 6.71. The highest BCUT2D eigenvalue weighted by Gasteiger charge is 2.03. The lowest BCUT2D eigenvalue weighted by atomic mass is 10.2. The summed E-state index contributed by atoms with van der Waals surface area (Å²) in [4.78, 5) is 21.8. The number of nitrogens with one attached hydrogen (secondary N) is 1. The number of carbonyl (C=O) groups is 2. The van der Waals surface area contributed by atoms with E-state index >= 15 is 0 Å². The van der Waals surface area contributed by atoms with E-state index in [-0.39, 0.29) is 18.1 Å². The molecule has 2 N–H and O–H groups in total. The van der Waals surface area contributed by atoms with Gasteiger partial charge >= 0.3 is 5.97 Å². The van der Waals surface area contributed by atoms with E-state index in [1.165, 1.54) is 11.8 Å². The molecule has 0 bridgehead atoms. The Kier molecular flexibility index (Phi) is 6.81. The fourth-order valence-corrected chi connectivity index (χ4v) is 2.11. The number of carboxylic acids is 1. The van der Waals surface area contributed by atoms with Crippen molar-refractivity contribution in [2.45, 2.75) is 13.0 Å². The maximum atomic E-state index is 11.5. The summed E-state index contributed by atoms with van der Waals surface area (Å²) < 4.78 is 5.09. The van der Waals surface area contributed by atoms with Crippen molar-refractivity contribution in [1.82, 2.24) is 5.32 Å². The molecule has 1 amide bonds. The highest BCUT2D eigenvalue weighted by molar-refractivity contribution is 7.99. The Hall–Kier alpha value is -1.69. The van der Waals surface area contributed by atoms with E-state index in [1.807, 2.05) is 24.3 Å². The van der Waals surface area contributed by atoms with Gasteiger partial charge in [-0.2, -0.15) is 11.8 Å². The zero-order chi connectivity index (χ0) is 14.1. The molecule has 1 aromatic carbocycles. The van der Waals surface area contributed by atoms with Crippen molar-refractivity contribution < 1.29 is 19.4 Å². The molecule has 0 unspecified atom stereocenters. The average molecular weight is 283 g/mol. The van der Waals surface area contributed by atoms with E-state index in [0.717, 1.165) is 11.3 Å². The van der Waals surface area contributed by atoms with E-state index in [4.69, 9.17) is 9.84 Å². The first kappa shape index (κ1) is 15.4. The Morgan fingerprint density at radius 2 is 2.21 bits per heavy atom. The van der Waals surface area contributed by atoms with Crippen LogP contribution in [0.15, 0.2) is 24.3 Å². The third-order valence-corrected chi connectivity index (χ3v) is 3.28. The van der Waals surface area contributed by atoms with Crippen molar-refractivity contribution in [3.8, 4) is 5.75 Å². The topological polar surface area (TPSA) is 75.6 Å². The first-order valence-corrected chi connectivity index (χ1v) is 6.96. The molecule has 0 atom stereocenters. The van der Waals surface area contributed by atoms with Crippen LogP contribution in [0.1, 0.15) is 12.0 Å². The summed E-state index contributed by atoms with van der Waals surface area (Å²) in [5, 5.41) is 11.2. The van der Waals surface area contributed by atoms with Gasteiger partial charge in [-0.1, -0.05) is 12.1 Å². The van der Waals surface area contributed by atoms with Crippen molar-refractivity contribution in [2.24, 2.45) is 0 Å². The summed E-state index contributed by atoms with van der Waals surface area (Å²) in [6.07, 6.45) is 0.0772. The highest BCUT2D eigenvalue weighted by atomic mass is 32.2. The minimum Gasteiger partial charge on any atom is -0.497 e. The average Bonchev–Trinajstić information content (AvgIpc) is 2.41. The Morgan fingerprint density at radius 3 is 2.89 bits per heavy atom. The molecule has 0 fully saturated rings. The zero-order valence-corrected chi connectivity index (χ0v) is 11.5. The summed E-state index contributed by atoms with van der Waals surface area (Å²) in [7, 11) is 1.59. The molecule has 0 saturated heterocycles. The van der Waals surface area contributed by atoms with Crippen molar-refractivity contribution in [2.75, 3.05) is 18.6 Å². The molecule has 19 heavy (non-hydrogen) atoms. The minimum atomic E-state index is -0.843. The number of carbonyl (C=O) groups excluding carboxylic acids is 1. The molecule has 1 aromatic rings. The quantitative estimate of drug-likeness (QED) is 0.707. The van der Waals surface area contributed by atoms with Crippen LogP contribution in [0.25, 0.3) is 0 Å². The maximum Gasteiger partial charge on any atom is 0.304 e. The second kappa shape index (κ2) is 8.42. The van der Waals surface area contributed by atoms with Crippen LogP contribution in [-0.2, 0) is 16.1 Å². The SMILES string of the molecule is COc1cccc(CNC(=O)CSCCC(=O)O)c1. The summed E-state index contributed by atoms with van der Waals surface area (Å²) in [6, 6.07) is 7.47. The smallest absolute Gasteiger partial charge is 0.304 e. The number of hydrogen-bond donors (Lipinski definition) is 2. The van der Waals surface area contributed by atoms with Crippen molar-refractivity contribution >= 4 is 23.6 Å². The first-order chi connectivity index (χ1) is 9.11. The normalized spacial score (nSPS) is 9.95. The molecule has 0 aliphatic heterocycles. The lowest BCUT2D eigenvalue weighted by Crippen LogP contribution is -2.24. The van der Waals surface area contributed by atoms with Gasteiger partial charge in [0.1, 0.15) is 5.75 Å². The van der Waals surface area contributed by atoms with Crippen LogP contribution in [0.3, 0.4) is 0 Å². The van der Waals surface area contributed by atoms with Crippen molar-refractivity contribution in [1.29, 1.82) is 0 Å². The molecule has 0 saturated carbocycles. The number of amides is 1. The molecule has 0 aromatic heterocycles. The predicted molar refractivity (Wildman–Crippen MR) is 74.4 cm³/mol. The van der Waals surface area contributed by atoms with E-state index in [0.29, 0.717) is 12.3 Å². The van der Waals surface area contributed by atoms with Gasteiger partial charge in [0.25, 0.3) is 0 Å². The number of ether oxygens (including phenoxy) is 1. The monoisotopic (exact) mass is 283 g/mol. The molecule has 0 heterocycles. The first-order valence-electron chi connectivity index (χ1n) is 5.81. The number of methoxy groups -OCH3 is 1. The fraction of sp³-hybridized carbons (Fsp3) is 0.385. The molecule has 0 radical (unpaired) electrons. The summed E-state index contributed by atoms with van der Waals surface area (Å²) in [6.45, 7) is 0.440.